The second-order valence-electron chi connectivity index (χ2n) is 4.45. The smallest absolute Gasteiger partial charge is 0.426 e. The molecular formula is C14H28N2O6. The van der Waals surface area contributed by atoms with Crippen molar-refractivity contribution in [3.63, 3.8) is 0 Å². The molecule has 22 heavy (non-hydrogen) atoms. The van der Waals surface area contributed by atoms with Crippen LogP contribution in [0.1, 0.15) is 39.5 Å². The molecule has 0 saturated carbocycles. The van der Waals surface area contributed by atoms with Crippen LogP contribution >= 0.6 is 0 Å². The minimum Gasteiger partial charge on any atom is -0.446 e. The summed E-state index contributed by atoms with van der Waals surface area (Å²) in [6.45, 7) is 6.32. The number of carbonyl (C=O) groups is 2. The molecule has 0 saturated heterocycles. The van der Waals surface area contributed by atoms with E-state index < -0.39 is 12.2 Å². The van der Waals surface area contributed by atoms with Gasteiger partial charge in [-0.2, -0.15) is 0 Å². The number of unbranched alkanes of at least 4 members (excludes halogenated alkanes) is 2. The van der Waals surface area contributed by atoms with E-state index in [1.807, 2.05) is 0 Å². The van der Waals surface area contributed by atoms with Gasteiger partial charge in [0.25, 0.3) is 0 Å². The molecule has 0 aromatic carbocycles. The molecule has 130 valence electrons. The number of rotatable bonds is 12. The summed E-state index contributed by atoms with van der Waals surface area (Å²) in [5, 5.41) is 0. The van der Waals surface area contributed by atoms with Crippen molar-refractivity contribution in [2.24, 2.45) is 0 Å². The molecule has 0 aliphatic rings. The average Bonchev–Trinajstić information content (AvgIpc) is 2.52. The molecule has 0 atom stereocenters. The van der Waals surface area contributed by atoms with Gasteiger partial charge in [-0.1, -0.05) is 26.7 Å². The molecule has 0 rings (SSSR count). The first-order valence-electron chi connectivity index (χ1n) is 7.71. The Morgan fingerprint density at radius 2 is 1.09 bits per heavy atom. The highest BCUT2D eigenvalue weighted by Gasteiger charge is 2.05. The van der Waals surface area contributed by atoms with Crippen molar-refractivity contribution in [1.29, 1.82) is 0 Å². The molecule has 8 nitrogen and oxygen atoms in total. The van der Waals surface area contributed by atoms with Gasteiger partial charge in [0.2, 0.25) is 0 Å². The Balaban J connectivity index is 3.36. The summed E-state index contributed by atoms with van der Waals surface area (Å²) in [5.41, 5.74) is 4.13. The zero-order valence-corrected chi connectivity index (χ0v) is 13.5. The van der Waals surface area contributed by atoms with Gasteiger partial charge in [-0.25, -0.2) is 20.4 Å². The third-order valence-corrected chi connectivity index (χ3v) is 2.47. The first kappa shape index (κ1) is 20.5. The molecule has 0 fully saturated rings. The number of hydrogen-bond donors (Lipinski definition) is 2. The standard InChI is InChI=1S/C14H28N2O6/c1-3-5-7-19-9-11-21-13(17)15-16-14(18)22-12-10-20-8-6-4-2/h3-12H2,1-2H3,(H,15,17)(H,16,18). The lowest BCUT2D eigenvalue weighted by Gasteiger charge is -2.09. The van der Waals surface area contributed by atoms with Crippen LogP contribution in [0.15, 0.2) is 0 Å². The summed E-state index contributed by atoms with van der Waals surface area (Å²) in [7, 11) is 0. The number of hydrogen-bond acceptors (Lipinski definition) is 6. The van der Waals surface area contributed by atoms with E-state index in [1.165, 1.54) is 0 Å². The van der Waals surface area contributed by atoms with Gasteiger partial charge in [0.15, 0.2) is 0 Å². The Labute approximate surface area is 131 Å². The fourth-order valence-corrected chi connectivity index (χ4v) is 1.26. The van der Waals surface area contributed by atoms with E-state index in [2.05, 4.69) is 24.7 Å². The Morgan fingerprint density at radius 1 is 0.682 bits per heavy atom. The molecule has 0 unspecified atom stereocenters. The second kappa shape index (κ2) is 15.8. The van der Waals surface area contributed by atoms with Gasteiger partial charge in [0, 0.05) is 13.2 Å². The monoisotopic (exact) mass is 320 g/mol. The van der Waals surface area contributed by atoms with Crippen LogP contribution < -0.4 is 10.9 Å². The molecule has 0 aliphatic heterocycles. The fraction of sp³-hybridized carbons (Fsp3) is 0.857. The van der Waals surface area contributed by atoms with E-state index >= 15 is 0 Å². The highest BCUT2D eigenvalue weighted by Crippen LogP contribution is 1.89. The number of carbonyl (C=O) groups excluding carboxylic acids is 2. The molecule has 0 bridgehead atoms. The van der Waals surface area contributed by atoms with E-state index in [0.717, 1.165) is 25.7 Å². The maximum atomic E-state index is 11.2. The molecule has 0 aliphatic carbocycles. The van der Waals surface area contributed by atoms with Crippen molar-refractivity contribution in [2.75, 3.05) is 39.6 Å². The molecule has 0 spiro atoms. The highest BCUT2D eigenvalue weighted by molar-refractivity contribution is 5.73. The topological polar surface area (TPSA) is 95.1 Å². The summed E-state index contributed by atoms with van der Waals surface area (Å²) < 4.78 is 20.0. The fourth-order valence-electron chi connectivity index (χ4n) is 1.26. The van der Waals surface area contributed by atoms with E-state index in [-0.39, 0.29) is 13.2 Å². The number of hydrazine groups is 1. The maximum absolute atomic E-state index is 11.2. The molecule has 8 heteroatoms. The Hall–Kier alpha value is -1.54. The van der Waals surface area contributed by atoms with Gasteiger partial charge in [-0.05, 0) is 12.8 Å². The summed E-state index contributed by atoms with van der Waals surface area (Å²) in [6, 6.07) is 0. The van der Waals surface area contributed by atoms with Gasteiger partial charge < -0.3 is 18.9 Å². The molecule has 0 aromatic rings. The molecule has 0 aromatic heterocycles. The first-order valence-corrected chi connectivity index (χ1v) is 7.71. The minimum absolute atomic E-state index is 0.123. The lowest BCUT2D eigenvalue weighted by Crippen LogP contribution is -2.42. The predicted molar refractivity (Wildman–Crippen MR) is 80.4 cm³/mol. The van der Waals surface area contributed by atoms with Crippen molar-refractivity contribution in [1.82, 2.24) is 10.9 Å². The van der Waals surface area contributed by atoms with Crippen molar-refractivity contribution < 1.29 is 28.5 Å². The number of ether oxygens (including phenoxy) is 4. The lowest BCUT2D eigenvalue weighted by molar-refractivity contribution is 0.0627. The van der Waals surface area contributed by atoms with E-state index in [1.54, 1.807) is 0 Å². The predicted octanol–water partition coefficient (Wildman–Crippen LogP) is 1.99. The zero-order chi connectivity index (χ0) is 16.5. The van der Waals surface area contributed by atoms with Crippen LogP contribution in [0.5, 0.6) is 0 Å². The lowest BCUT2D eigenvalue weighted by atomic mass is 10.4. The third kappa shape index (κ3) is 14.9. The Morgan fingerprint density at radius 3 is 1.45 bits per heavy atom. The van der Waals surface area contributed by atoms with Crippen LogP contribution in [-0.4, -0.2) is 51.8 Å². The third-order valence-electron chi connectivity index (χ3n) is 2.47. The van der Waals surface area contributed by atoms with Gasteiger partial charge in [0.05, 0.1) is 13.2 Å². The minimum atomic E-state index is -0.768. The molecule has 0 radical (unpaired) electrons. The number of amides is 2. The molecule has 2 N–H and O–H groups in total. The van der Waals surface area contributed by atoms with E-state index in [9.17, 15) is 9.59 Å². The van der Waals surface area contributed by atoms with Crippen molar-refractivity contribution in [3.05, 3.63) is 0 Å². The van der Waals surface area contributed by atoms with Crippen LogP contribution in [0, 0.1) is 0 Å². The van der Waals surface area contributed by atoms with Gasteiger partial charge in [-0.15, -0.1) is 0 Å². The number of nitrogens with one attached hydrogen (secondary N) is 2. The van der Waals surface area contributed by atoms with Crippen LogP contribution in [0.25, 0.3) is 0 Å². The average molecular weight is 320 g/mol. The summed E-state index contributed by atoms with van der Waals surface area (Å²) in [6.07, 6.45) is 2.52. The molecular weight excluding hydrogens is 292 g/mol. The van der Waals surface area contributed by atoms with Crippen LogP contribution in [-0.2, 0) is 18.9 Å². The SMILES string of the molecule is CCCCOCCOC(=O)NNC(=O)OCCOCCCC. The first-order chi connectivity index (χ1) is 10.7. The molecule has 2 amide bonds. The van der Waals surface area contributed by atoms with Crippen LogP contribution in [0.2, 0.25) is 0 Å². The van der Waals surface area contributed by atoms with Gasteiger partial charge >= 0.3 is 12.2 Å². The van der Waals surface area contributed by atoms with Gasteiger partial charge in [0.1, 0.15) is 13.2 Å². The van der Waals surface area contributed by atoms with Crippen molar-refractivity contribution in [2.45, 2.75) is 39.5 Å². The quantitative estimate of drug-likeness (QED) is 0.422. The second-order valence-corrected chi connectivity index (χ2v) is 4.45. The summed E-state index contributed by atoms with van der Waals surface area (Å²) >= 11 is 0. The Kier molecular flexibility index (Phi) is 14.7. The highest BCUT2D eigenvalue weighted by atomic mass is 16.6. The zero-order valence-electron chi connectivity index (χ0n) is 13.5. The van der Waals surface area contributed by atoms with Crippen molar-refractivity contribution in [3.8, 4) is 0 Å². The summed E-state index contributed by atoms with van der Waals surface area (Å²) in [5.74, 6) is 0. The molecule has 0 heterocycles. The van der Waals surface area contributed by atoms with E-state index in [0.29, 0.717) is 26.4 Å². The summed E-state index contributed by atoms with van der Waals surface area (Å²) in [4.78, 5) is 22.4. The maximum Gasteiger partial charge on any atom is 0.426 e. The van der Waals surface area contributed by atoms with Crippen LogP contribution in [0.4, 0.5) is 9.59 Å². The van der Waals surface area contributed by atoms with Crippen LogP contribution in [0.3, 0.4) is 0 Å². The largest absolute Gasteiger partial charge is 0.446 e. The van der Waals surface area contributed by atoms with Gasteiger partial charge in [-0.3, -0.25) is 0 Å². The normalized spacial score (nSPS) is 10.1. The van der Waals surface area contributed by atoms with Crippen molar-refractivity contribution >= 4 is 12.2 Å². The Bertz CT molecular complexity index is 261. The van der Waals surface area contributed by atoms with E-state index in [4.69, 9.17) is 18.9 Å².